The predicted octanol–water partition coefficient (Wildman–Crippen LogP) is 1.90. The SMILES string of the molecule is O=C(c1cscn1)N1Cc2ccnn2CC(CCNc2ncccn2)C1. The van der Waals surface area contributed by atoms with Crippen LogP contribution in [0.5, 0.6) is 0 Å². The van der Waals surface area contributed by atoms with Crippen molar-refractivity contribution in [1.82, 2.24) is 29.6 Å². The molecule has 3 aromatic rings. The molecule has 8 nitrogen and oxygen atoms in total. The molecule has 0 bridgehead atoms. The number of amides is 1. The summed E-state index contributed by atoms with van der Waals surface area (Å²) in [6.07, 6.45) is 6.11. The Balaban J connectivity index is 1.45. The average Bonchev–Trinajstić information content (AvgIpc) is 3.31. The lowest BCUT2D eigenvalue weighted by Gasteiger charge is -2.23. The van der Waals surface area contributed by atoms with Crippen LogP contribution in [0.15, 0.2) is 41.6 Å². The van der Waals surface area contributed by atoms with Crippen LogP contribution in [0, 0.1) is 5.92 Å². The first-order valence-corrected chi connectivity index (χ1v) is 9.43. The van der Waals surface area contributed by atoms with Gasteiger partial charge in [0, 0.05) is 43.6 Å². The van der Waals surface area contributed by atoms with Gasteiger partial charge in [-0.2, -0.15) is 5.10 Å². The maximum Gasteiger partial charge on any atom is 0.273 e. The third kappa shape index (κ3) is 3.72. The van der Waals surface area contributed by atoms with E-state index in [2.05, 4.69) is 25.4 Å². The zero-order chi connectivity index (χ0) is 17.8. The molecule has 0 aliphatic carbocycles. The maximum atomic E-state index is 12.8. The van der Waals surface area contributed by atoms with E-state index < -0.39 is 0 Å². The minimum Gasteiger partial charge on any atom is -0.354 e. The van der Waals surface area contributed by atoms with Crippen LogP contribution >= 0.6 is 11.3 Å². The minimum atomic E-state index is -0.0229. The number of thiazole rings is 1. The van der Waals surface area contributed by atoms with E-state index in [1.54, 1.807) is 35.5 Å². The fraction of sp³-hybridized carbons (Fsp3) is 0.353. The highest BCUT2D eigenvalue weighted by Crippen LogP contribution is 2.20. The van der Waals surface area contributed by atoms with Gasteiger partial charge in [-0.25, -0.2) is 15.0 Å². The smallest absolute Gasteiger partial charge is 0.273 e. The molecule has 3 aromatic heterocycles. The Labute approximate surface area is 154 Å². The van der Waals surface area contributed by atoms with Crippen LogP contribution in [-0.2, 0) is 13.1 Å². The van der Waals surface area contributed by atoms with Crippen molar-refractivity contribution in [1.29, 1.82) is 0 Å². The van der Waals surface area contributed by atoms with Crippen molar-refractivity contribution in [2.24, 2.45) is 5.92 Å². The van der Waals surface area contributed by atoms with Crippen molar-refractivity contribution in [3.8, 4) is 0 Å². The Morgan fingerprint density at radius 3 is 2.92 bits per heavy atom. The third-order valence-electron chi connectivity index (χ3n) is 4.41. The molecule has 4 rings (SSSR count). The fourth-order valence-electron chi connectivity index (χ4n) is 3.13. The lowest BCUT2D eigenvalue weighted by Crippen LogP contribution is -2.34. The van der Waals surface area contributed by atoms with Gasteiger partial charge in [0.25, 0.3) is 5.91 Å². The highest BCUT2D eigenvalue weighted by atomic mass is 32.1. The van der Waals surface area contributed by atoms with Gasteiger partial charge in [-0.1, -0.05) is 0 Å². The van der Waals surface area contributed by atoms with E-state index in [1.807, 2.05) is 15.6 Å². The van der Waals surface area contributed by atoms with E-state index in [4.69, 9.17) is 0 Å². The first-order valence-electron chi connectivity index (χ1n) is 8.48. The van der Waals surface area contributed by atoms with E-state index in [0.717, 1.165) is 25.2 Å². The Kier molecular flexibility index (Phi) is 4.87. The molecule has 26 heavy (non-hydrogen) atoms. The molecule has 0 spiro atoms. The number of carbonyl (C=O) groups is 1. The standard InChI is InChI=1S/C17H19N7OS/c25-16(15-11-26-12-21-15)23-8-13(9-24-14(10-23)3-7-22-24)2-6-20-17-18-4-1-5-19-17/h1,3-5,7,11-13H,2,6,8-10H2,(H,18,19,20). The Morgan fingerprint density at radius 1 is 1.23 bits per heavy atom. The summed E-state index contributed by atoms with van der Waals surface area (Å²) < 4.78 is 2.00. The molecule has 9 heteroatoms. The molecule has 0 radical (unpaired) electrons. The summed E-state index contributed by atoms with van der Waals surface area (Å²) >= 11 is 1.44. The molecule has 1 aliphatic heterocycles. The zero-order valence-corrected chi connectivity index (χ0v) is 15.0. The second kappa shape index (κ2) is 7.61. The highest BCUT2D eigenvalue weighted by Gasteiger charge is 2.26. The fourth-order valence-corrected chi connectivity index (χ4v) is 3.65. The van der Waals surface area contributed by atoms with E-state index in [-0.39, 0.29) is 11.8 Å². The van der Waals surface area contributed by atoms with Crippen molar-refractivity contribution < 1.29 is 4.79 Å². The minimum absolute atomic E-state index is 0.0229. The van der Waals surface area contributed by atoms with Crippen LogP contribution in [0.25, 0.3) is 0 Å². The summed E-state index contributed by atoms with van der Waals surface area (Å²) in [4.78, 5) is 27.2. The Bertz CT molecular complexity index is 849. The van der Waals surface area contributed by atoms with Gasteiger partial charge in [-0.05, 0) is 24.5 Å². The first-order chi connectivity index (χ1) is 12.8. The van der Waals surface area contributed by atoms with Gasteiger partial charge in [-0.3, -0.25) is 9.48 Å². The van der Waals surface area contributed by atoms with Crippen molar-refractivity contribution >= 4 is 23.2 Å². The van der Waals surface area contributed by atoms with Gasteiger partial charge in [0.1, 0.15) is 5.69 Å². The molecule has 0 aromatic carbocycles. The zero-order valence-electron chi connectivity index (χ0n) is 14.2. The molecule has 1 atom stereocenters. The van der Waals surface area contributed by atoms with Crippen LogP contribution in [0.3, 0.4) is 0 Å². The Morgan fingerprint density at radius 2 is 2.12 bits per heavy atom. The van der Waals surface area contributed by atoms with Gasteiger partial charge in [-0.15, -0.1) is 11.3 Å². The molecule has 1 unspecified atom stereocenters. The molecular formula is C17H19N7OS. The van der Waals surface area contributed by atoms with Crippen molar-refractivity contribution in [2.45, 2.75) is 19.5 Å². The largest absolute Gasteiger partial charge is 0.354 e. The number of hydrogen-bond acceptors (Lipinski definition) is 7. The summed E-state index contributed by atoms with van der Waals surface area (Å²) in [5.41, 5.74) is 3.25. The molecule has 4 heterocycles. The monoisotopic (exact) mass is 369 g/mol. The Hall–Kier alpha value is -2.81. The number of aromatic nitrogens is 5. The molecule has 134 valence electrons. The van der Waals surface area contributed by atoms with Gasteiger partial charge < -0.3 is 10.2 Å². The molecule has 1 amide bonds. The van der Waals surface area contributed by atoms with Crippen molar-refractivity contribution in [3.05, 3.63) is 53.0 Å². The summed E-state index contributed by atoms with van der Waals surface area (Å²) in [6.45, 7) is 2.77. The maximum absolute atomic E-state index is 12.8. The molecule has 1 aliphatic rings. The average molecular weight is 369 g/mol. The summed E-state index contributed by atoms with van der Waals surface area (Å²) in [7, 11) is 0. The highest BCUT2D eigenvalue weighted by molar-refractivity contribution is 7.07. The van der Waals surface area contributed by atoms with E-state index in [1.165, 1.54) is 11.3 Å². The number of carbonyl (C=O) groups excluding carboxylic acids is 1. The van der Waals surface area contributed by atoms with Crippen LogP contribution in [0.4, 0.5) is 5.95 Å². The number of fused-ring (bicyclic) bond motifs is 1. The number of nitrogens with one attached hydrogen (secondary N) is 1. The van der Waals surface area contributed by atoms with Crippen LogP contribution in [0.1, 0.15) is 22.6 Å². The molecule has 0 fully saturated rings. The lowest BCUT2D eigenvalue weighted by molar-refractivity contribution is 0.0714. The second-order valence-corrected chi connectivity index (χ2v) is 6.94. The van der Waals surface area contributed by atoms with Gasteiger partial charge >= 0.3 is 0 Å². The van der Waals surface area contributed by atoms with Crippen molar-refractivity contribution in [3.63, 3.8) is 0 Å². The summed E-state index contributed by atoms with van der Waals surface area (Å²) in [6, 6.07) is 3.76. The predicted molar refractivity (Wildman–Crippen MR) is 97.7 cm³/mol. The lowest BCUT2D eigenvalue weighted by atomic mass is 10.1. The molecule has 0 saturated carbocycles. The van der Waals surface area contributed by atoms with Gasteiger partial charge in [0.2, 0.25) is 5.95 Å². The molecular weight excluding hydrogens is 350 g/mol. The van der Waals surface area contributed by atoms with Gasteiger partial charge in [0.15, 0.2) is 0 Å². The topological polar surface area (TPSA) is 88.8 Å². The number of anilines is 1. The van der Waals surface area contributed by atoms with E-state index in [0.29, 0.717) is 24.7 Å². The molecule has 0 saturated heterocycles. The first kappa shape index (κ1) is 16.6. The van der Waals surface area contributed by atoms with Crippen LogP contribution in [-0.4, -0.2) is 48.6 Å². The van der Waals surface area contributed by atoms with Crippen LogP contribution < -0.4 is 5.32 Å². The van der Waals surface area contributed by atoms with Gasteiger partial charge in [0.05, 0.1) is 17.7 Å². The number of nitrogens with zero attached hydrogens (tertiary/aromatic N) is 6. The third-order valence-corrected chi connectivity index (χ3v) is 4.99. The summed E-state index contributed by atoms with van der Waals surface area (Å²) in [5.74, 6) is 0.886. The van der Waals surface area contributed by atoms with Crippen molar-refractivity contribution in [2.75, 3.05) is 18.4 Å². The normalized spacial score (nSPS) is 16.8. The second-order valence-electron chi connectivity index (χ2n) is 6.22. The number of rotatable bonds is 5. The summed E-state index contributed by atoms with van der Waals surface area (Å²) in [5, 5.41) is 9.44. The van der Waals surface area contributed by atoms with E-state index >= 15 is 0 Å². The van der Waals surface area contributed by atoms with E-state index in [9.17, 15) is 4.79 Å². The molecule has 1 N–H and O–H groups in total. The number of hydrogen-bond donors (Lipinski definition) is 1. The quantitative estimate of drug-likeness (QED) is 0.739. The van der Waals surface area contributed by atoms with Crippen LogP contribution in [0.2, 0.25) is 0 Å².